The summed E-state index contributed by atoms with van der Waals surface area (Å²) in [7, 11) is 1.89. The van der Waals surface area contributed by atoms with Crippen molar-refractivity contribution in [2.24, 2.45) is 7.05 Å². The van der Waals surface area contributed by atoms with Gasteiger partial charge >= 0.3 is 0 Å². The van der Waals surface area contributed by atoms with Crippen molar-refractivity contribution in [1.29, 1.82) is 0 Å². The molecule has 2 aromatic rings. The minimum Gasteiger partial charge on any atom is -0.395 e. The van der Waals surface area contributed by atoms with E-state index in [9.17, 15) is 0 Å². The van der Waals surface area contributed by atoms with Crippen LogP contribution in [0.5, 0.6) is 0 Å². The van der Waals surface area contributed by atoms with Gasteiger partial charge in [0.2, 0.25) is 0 Å². The summed E-state index contributed by atoms with van der Waals surface area (Å²) in [5, 5.41) is 12.3. The molecule has 2 rings (SSSR count). The van der Waals surface area contributed by atoms with Crippen molar-refractivity contribution in [2.45, 2.75) is 0 Å². The average molecular weight is 252 g/mol. The predicted molar refractivity (Wildman–Crippen MR) is 69.2 cm³/mol. The number of benzene rings is 1. The van der Waals surface area contributed by atoms with Crippen LogP contribution in [0.4, 0.5) is 5.82 Å². The highest BCUT2D eigenvalue weighted by molar-refractivity contribution is 6.32. The molecule has 0 unspecified atom stereocenters. The maximum Gasteiger partial charge on any atom is 0.171 e. The molecule has 2 N–H and O–H groups in total. The second-order valence-electron chi connectivity index (χ2n) is 3.65. The molecule has 0 spiro atoms. The van der Waals surface area contributed by atoms with Crippen molar-refractivity contribution >= 4 is 17.4 Å². The number of hydrogen-bond acceptors (Lipinski definition) is 3. The van der Waals surface area contributed by atoms with E-state index in [0.29, 0.717) is 11.7 Å². The Labute approximate surface area is 105 Å². The molecule has 17 heavy (non-hydrogen) atoms. The highest BCUT2D eigenvalue weighted by atomic mass is 35.5. The van der Waals surface area contributed by atoms with Crippen LogP contribution in [-0.4, -0.2) is 27.8 Å². The van der Waals surface area contributed by atoms with Gasteiger partial charge < -0.3 is 15.0 Å². The minimum atomic E-state index is 0.0577. The zero-order chi connectivity index (χ0) is 12.3. The van der Waals surface area contributed by atoms with Crippen molar-refractivity contribution in [2.75, 3.05) is 18.5 Å². The summed E-state index contributed by atoms with van der Waals surface area (Å²) in [5.41, 5.74) is 1.01. The van der Waals surface area contributed by atoms with Crippen LogP contribution >= 0.6 is 11.6 Å². The highest BCUT2D eigenvalue weighted by Crippen LogP contribution is 2.27. The topological polar surface area (TPSA) is 50.1 Å². The monoisotopic (exact) mass is 251 g/mol. The first-order chi connectivity index (χ1) is 8.24. The van der Waals surface area contributed by atoms with E-state index in [1.54, 1.807) is 0 Å². The van der Waals surface area contributed by atoms with Crippen LogP contribution in [-0.2, 0) is 7.05 Å². The molecule has 90 valence electrons. The first-order valence-corrected chi connectivity index (χ1v) is 5.74. The average Bonchev–Trinajstić information content (AvgIpc) is 2.64. The number of nitrogens with one attached hydrogen (secondary N) is 1. The van der Waals surface area contributed by atoms with Gasteiger partial charge in [0.25, 0.3) is 0 Å². The van der Waals surface area contributed by atoms with E-state index in [2.05, 4.69) is 10.3 Å². The first kappa shape index (κ1) is 12.0. The molecule has 1 aromatic carbocycles. The number of imidazole rings is 1. The molecule has 1 heterocycles. The molecule has 0 aliphatic rings. The molecular formula is C12H14ClN3O. The quantitative estimate of drug-likeness (QED) is 0.876. The summed E-state index contributed by atoms with van der Waals surface area (Å²) in [6.45, 7) is 0.510. The van der Waals surface area contributed by atoms with Crippen molar-refractivity contribution in [3.63, 3.8) is 0 Å². The van der Waals surface area contributed by atoms with Gasteiger partial charge in [-0.25, -0.2) is 4.98 Å². The number of halogens is 1. The Morgan fingerprint density at radius 1 is 1.35 bits per heavy atom. The SMILES string of the molecule is Cn1c(-c2ccccc2)nc(Cl)c1NCCO. The van der Waals surface area contributed by atoms with Gasteiger partial charge in [0.05, 0.1) is 6.61 Å². The molecule has 0 aliphatic carbocycles. The Morgan fingerprint density at radius 2 is 2.06 bits per heavy atom. The van der Waals surface area contributed by atoms with Crippen molar-refractivity contribution in [3.05, 3.63) is 35.5 Å². The fourth-order valence-electron chi connectivity index (χ4n) is 1.68. The van der Waals surface area contributed by atoms with Crippen LogP contribution in [0.3, 0.4) is 0 Å². The Morgan fingerprint density at radius 3 is 2.71 bits per heavy atom. The van der Waals surface area contributed by atoms with E-state index in [1.165, 1.54) is 0 Å². The molecule has 0 amide bonds. The summed E-state index contributed by atoms with van der Waals surface area (Å²) >= 11 is 6.06. The second kappa shape index (κ2) is 5.21. The second-order valence-corrected chi connectivity index (χ2v) is 4.01. The van der Waals surface area contributed by atoms with E-state index in [4.69, 9.17) is 16.7 Å². The van der Waals surface area contributed by atoms with Crippen molar-refractivity contribution in [3.8, 4) is 11.4 Å². The molecule has 5 heteroatoms. The predicted octanol–water partition coefficient (Wildman–Crippen LogP) is 2.14. The number of rotatable bonds is 4. The zero-order valence-corrected chi connectivity index (χ0v) is 10.3. The van der Waals surface area contributed by atoms with Crippen LogP contribution in [0.2, 0.25) is 5.15 Å². The summed E-state index contributed by atoms with van der Waals surface area (Å²) in [5.74, 6) is 1.52. The summed E-state index contributed by atoms with van der Waals surface area (Å²) < 4.78 is 1.88. The Balaban J connectivity index is 2.37. The number of aromatic nitrogens is 2. The van der Waals surface area contributed by atoms with E-state index in [0.717, 1.165) is 17.2 Å². The molecule has 0 radical (unpaired) electrons. The molecule has 4 nitrogen and oxygen atoms in total. The molecule has 0 aliphatic heterocycles. The van der Waals surface area contributed by atoms with Gasteiger partial charge in [0, 0.05) is 19.2 Å². The lowest BCUT2D eigenvalue weighted by atomic mass is 10.2. The number of hydrogen-bond donors (Lipinski definition) is 2. The third-order valence-electron chi connectivity index (χ3n) is 2.49. The maximum absolute atomic E-state index is 8.80. The number of nitrogens with zero attached hydrogens (tertiary/aromatic N) is 2. The van der Waals surface area contributed by atoms with Gasteiger partial charge in [0.15, 0.2) is 5.15 Å². The Bertz CT molecular complexity index is 496. The Hall–Kier alpha value is -1.52. The smallest absolute Gasteiger partial charge is 0.171 e. The molecule has 0 fully saturated rings. The van der Waals surface area contributed by atoms with E-state index < -0.39 is 0 Å². The highest BCUT2D eigenvalue weighted by Gasteiger charge is 2.13. The van der Waals surface area contributed by atoms with Gasteiger partial charge in [-0.05, 0) is 0 Å². The van der Waals surface area contributed by atoms with Crippen LogP contribution in [0.1, 0.15) is 0 Å². The Kier molecular flexibility index (Phi) is 3.66. The third-order valence-corrected chi connectivity index (χ3v) is 2.75. The number of anilines is 1. The maximum atomic E-state index is 8.80. The van der Waals surface area contributed by atoms with E-state index in [1.807, 2.05) is 41.9 Å². The normalized spacial score (nSPS) is 10.5. The standard InChI is InChI=1S/C12H14ClN3O/c1-16-11(9-5-3-2-4-6-9)15-10(13)12(16)14-7-8-17/h2-6,14,17H,7-8H2,1H3. The fraction of sp³-hybridized carbons (Fsp3) is 0.250. The summed E-state index contributed by atoms with van der Waals surface area (Å²) in [4.78, 5) is 4.32. The van der Waals surface area contributed by atoms with Gasteiger partial charge in [-0.3, -0.25) is 0 Å². The zero-order valence-electron chi connectivity index (χ0n) is 9.52. The molecule has 0 saturated heterocycles. The van der Waals surface area contributed by atoms with Gasteiger partial charge in [0.1, 0.15) is 11.6 Å². The van der Waals surface area contributed by atoms with Gasteiger partial charge in [-0.1, -0.05) is 41.9 Å². The van der Waals surface area contributed by atoms with Crippen molar-refractivity contribution in [1.82, 2.24) is 9.55 Å². The molecule has 0 saturated carbocycles. The lowest BCUT2D eigenvalue weighted by Gasteiger charge is -2.07. The summed E-state index contributed by atoms with van der Waals surface area (Å²) in [6.07, 6.45) is 0. The summed E-state index contributed by atoms with van der Waals surface area (Å²) in [6, 6.07) is 9.83. The number of aliphatic hydroxyl groups is 1. The largest absolute Gasteiger partial charge is 0.395 e. The van der Waals surface area contributed by atoms with Crippen LogP contribution in [0.25, 0.3) is 11.4 Å². The molecular weight excluding hydrogens is 238 g/mol. The van der Waals surface area contributed by atoms with Crippen LogP contribution < -0.4 is 5.32 Å². The first-order valence-electron chi connectivity index (χ1n) is 5.36. The third kappa shape index (κ3) is 2.43. The van der Waals surface area contributed by atoms with Gasteiger partial charge in [-0.15, -0.1) is 0 Å². The molecule has 0 bridgehead atoms. The van der Waals surface area contributed by atoms with E-state index in [-0.39, 0.29) is 6.61 Å². The molecule has 0 atom stereocenters. The molecule has 1 aromatic heterocycles. The minimum absolute atomic E-state index is 0.0577. The van der Waals surface area contributed by atoms with Crippen LogP contribution in [0.15, 0.2) is 30.3 Å². The number of aliphatic hydroxyl groups excluding tert-OH is 1. The van der Waals surface area contributed by atoms with E-state index >= 15 is 0 Å². The van der Waals surface area contributed by atoms with Crippen molar-refractivity contribution < 1.29 is 5.11 Å². The fourth-order valence-corrected chi connectivity index (χ4v) is 1.95. The lowest BCUT2D eigenvalue weighted by Crippen LogP contribution is -2.09. The van der Waals surface area contributed by atoms with Crippen LogP contribution in [0, 0.1) is 0 Å². The van der Waals surface area contributed by atoms with Gasteiger partial charge in [-0.2, -0.15) is 0 Å². The lowest BCUT2D eigenvalue weighted by molar-refractivity contribution is 0.311.